The van der Waals surface area contributed by atoms with E-state index >= 15 is 0 Å². The van der Waals surface area contributed by atoms with E-state index in [1.807, 2.05) is 31.2 Å². The number of carbonyl (C=O) groups excluding carboxylic acids is 1. The van der Waals surface area contributed by atoms with E-state index in [-0.39, 0.29) is 17.9 Å². The number of hydrogen-bond donors (Lipinski definition) is 3. The summed E-state index contributed by atoms with van der Waals surface area (Å²) >= 11 is 0. The van der Waals surface area contributed by atoms with Gasteiger partial charge in [0.25, 0.3) is 5.91 Å². The van der Waals surface area contributed by atoms with Gasteiger partial charge in [-0.2, -0.15) is 4.98 Å². The molecule has 39 heavy (non-hydrogen) atoms. The minimum atomic E-state index is -0.133. The molecule has 2 aromatic carbocycles. The Morgan fingerprint density at radius 2 is 1.95 bits per heavy atom. The molecule has 0 saturated carbocycles. The summed E-state index contributed by atoms with van der Waals surface area (Å²) in [5.41, 5.74) is 21.0. The van der Waals surface area contributed by atoms with Crippen LogP contribution in [0.1, 0.15) is 66.7 Å². The maximum absolute atomic E-state index is 13.5. The second-order valence-corrected chi connectivity index (χ2v) is 10.1. The van der Waals surface area contributed by atoms with E-state index in [0.29, 0.717) is 48.2 Å². The van der Waals surface area contributed by atoms with Crippen LogP contribution in [0, 0.1) is 5.92 Å². The summed E-state index contributed by atoms with van der Waals surface area (Å²) in [4.78, 5) is 22.0. The van der Waals surface area contributed by atoms with Gasteiger partial charge in [0.15, 0.2) is 11.5 Å². The smallest absolute Gasteiger partial charge is 0.261 e. The molecule has 0 radical (unpaired) electrons. The Morgan fingerprint density at radius 3 is 2.64 bits per heavy atom. The van der Waals surface area contributed by atoms with E-state index in [2.05, 4.69) is 41.4 Å². The molecule has 9 nitrogen and oxygen atoms in total. The number of benzene rings is 2. The van der Waals surface area contributed by atoms with Crippen LogP contribution in [0.2, 0.25) is 0 Å². The normalized spacial score (nSPS) is 15.0. The molecule has 0 aliphatic carbocycles. The zero-order valence-electron chi connectivity index (χ0n) is 23.3. The third-order valence-electron chi connectivity index (χ3n) is 6.93. The summed E-state index contributed by atoms with van der Waals surface area (Å²) in [7, 11) is 3.17. The Hall–Kier alpha value is -4.11. The first kappa shape index (κ1) is 27.9. The Morgan fingerprint density at radius 1 is 1.18 bits per heavy atom. The lowest BCUT2D eigenvalue weighted by Crippen LogP contribution is -2.48. The molecule has 1 amide bonds. The van der Waals surface area contributed by atoms with Crippen LogP contribution in [0.15, 0.2) is 42.5 Å². The Balaban J connectivity index is 1.67. The number of amides is 1. The lowest BCUT2D eigenvalue weighted by molar-refractivity contribution is -0.133. The summed E-state index contributed by atoms with van der Waals surface area (Å²) in [5.74, 6) is 1.89. The molecular formula is C30H38N6O3. The third kappa shape index (κ3) is 6.15. The van der Waals surface area contributed by atoms with Crippen LogP contribution in [0.5, 0.6) is 11.5 Å². The molecule has 1 aliphatic rings. The summed E-state index contributed by atoms with van der Waals surface area (Å²) in [6.07, 6.45) is 5.34. The van der Waals surface area contributed by atoms with Crippen molar-refractivity contribution in [2.45, 2.75) is 52.6 Å². The zero-order valence-corrected chi connectivity index (χ0v) is 23.3. The van der Waals surface area contributed by atoms with E-state index in [1.165, 1.54) is 11.1 Å². The van der Waals surface area contributed by atoms with Crippen molar-refractivity contribution in [1.82, 2.24) is 20.4 Å². The van der Waals surface area contributed by atoms with E-state index in [0.717, 1.165) is 23.2 Å². The van der Waals surface area contributed by atoms with Crippen molar-refractivity contribution >= 4 is 23.7 Å². The first-order valence-electron chi connectivity index (χ1n) is 13.2. The number of anilines is 2. The molecule has 0 unspecified atom stereocenters. The highest BCUT2D eigenvalue weighted by Crippen LogP contribution is 2.36. The molecule has 4 rings (SSSR count). The zero-order chi connectivity index (χ0) is 28.1. The minimum Gasteiger partial charge on any atom is -0.493 e. The minimum absolute atomic E-state index is 0.0594. The monoisotopic (exact) mass is 530 g/mol. The fourth-order valence-electron chi connectivity index (χ4n) is 5.13. The number of hydrogen-bond acceptors (Lipinski definition) is 8. The molecule has 0 saturated heterocycles. The average molecular weight is 531 g/mol. The van der Waals surface area contributed by atoms with Gasteiger partial charge in [0, 0.05) is 30.2 Å². The molecule has 9 heteroatoms. The highest BCUT2D eigenvalue weighted by atomic mass is 16.5. The van der Waals surface area contributed by atoms with Gasteiger partial charge in [-0.25, -0.2) is 10.4 Å². The highest BCUT2D eigenvalue weighted by Gasteiger charge is 2.30. The number of aromatic nitrogens is 2. The van der Waals surface area contributed by atoms with Crippen molar-refractivity contribution in [2.75, 3.05) is 25.7 Å². The maximum Gasteiger partial charge on any atom is 0.261 e. The van der Waals surface area contributed by atoms with Crippen LogP contribution in [0.4, 0.5) is 11.8 Å². The van der Waals surface area contributed by atoms with Gasteiger partial charge in [-0.05, 0) is 53.7 Å². The molecule has 5 N–H and O–H groups in total. The summed E-state index contributed by atoms with van der Waals surface area (Å²) in [6, 6.07) is 12.1. The topological polar surface area (TPSA) is 129 Å². The molecular weight excluding hydrogens is 492 g/mol. The number of nitrogens with two attached hydrogens (primary N) is 2. The van der Waals surface area contributed by atoms with Gasteiger partial charge in [-0.3, -0.25) is 9.80 Å². The van der Waals surface area contributed by atoms with Gasteiger partial charge >= 0.3 is 0 Å². The van der Waals surface area contributed by atoms with Crippen molar-refractivity contribution in [3.8, 4) is 11.5 Å². The van der Waals surface area contributed by atoms with E-state index in [9.17, 15) is 4.79 Å². The lowest BCUT2D eigenvalue weighted by Gasteiger charge is -2.38. The van der Waals surface area contributed by atoms with Gasteiger partial charge in [0.2, 0.25) is 5.95 Å². The van der Waals surface area contributed by atoms with Crippen molar-refractivity contribution in [2.24, 2.45) is 5.92 Å². The van der Waals surface area contributed by atoms with Crippen LogP contribution in [-0.4, -0.2) is 35.1 Å². The van der Waals surface area contributed by atoms with Crippen molar-refractivity contribution in [1.29, 1.82) is 0 Å². The molecule has 0 fully saturated rings. The number of ether oxygens (including phenoxy) is 2. The van der Waals surface area contributed by atoms with Gasteiger partial charge in [0.1, 0.15) is 5.82 Å². The molecule has 1 atom stereocenters. The number of nitrogen functional groups attached to an aromatic ring is 2. The number of methoxy groups -OCH3 is 2. The number of fused-ring (bicyclic) bond motifs is 1. The molecule has 0 bridgehead atoms. The number of aryl methyl sites for hydroxylation is 1. The third-order valence-corrected chi connectivity index (χ3v) is 6.93. The molecule has 0 spiro atoms. The second-order valence-electron chi connectivity index (χ2n) is 10.1. The van der Waals surface area contributed by atoms with Gasteiger partial charge in [0.05, 0.1) is 26.0 Å². The van der Waals surface area contributed by atoms with Crippen LogP contribution in [0.25, 0.3) is 6.08 Å². The van der Waals surface area contributed by atoms with Gasteiger partial charge in [-0.15, -0.1) is 0 Å². The van der Waals surface area contributed by atoms with Crippen LogP contribution in [-0.2, 0) is 24.2 Å². The summed E-state index contributed by atoms with van der Waals surface area (Å²) < 4.78 is 11.3. The Kier molecular flexibility index (Phi) is 8.71. The number of rotatable bonds is 9. The van der Waals surface area contributed by atoms with Crippen molar-refractivity contribution in [3.63, 3.8) is 0 Å². The van der Waals surface area contributed by atoms with Crippen LogP contribution < -0.4 is 26.4 Å². The second kappa shape index (κ2) is 12.2. The highest BCUT2D eigenvalue weighted by molar-refractivity contribution is 5.92. The van der Waals surface area contributed by atoms with Crippen molar-refractivity contribution < 1.29 is 14.3 Å². The first-order chi connectivity index (χ1) is 18.7. The molecule has 1 aliphatic heterocycles. The van der Waals surface area contributed by atoms with Crippen molar-refractivity contribution in [3.05, 3.63) is 76.0 Å². The molecule has 1 aromatic heterocycles. The lowest BCUT2D eigenvalue weighted by atomic mass is 9.91. The predicted molar refractivity (Wildman–Crippen MR) is 154 cm³/mol. The Labute approximate surface area is 230 Å². The first-order valence-corrected chi connectivity index (χ1v) is 13.2. The van der Waals surface area contributed by atoms with E-state index < -0.39 is 0 Å². The van der Waals surface area contributed by atoms with E-state index in [1.54, 1.807) is 31.4 Å². The number of carbonyl (C=O) groups is 1. The SMILES string of the molecule is CCc1nc(N)nc(N)c1Cc1cc(/C=C/C(=O)N2NCc3ccccc3[C@@H]2CC(C)C)c(OC)c(OC)c1. The quantitative estimate of drug-likeness (QED) is 0.346. The van der Waals surface area contributed by atoms with E-state index in [4.69, 9.17) is 20.9 Å². The van der Waals surface area contributed by atoms with Crippen LogP contribution in [0.3, 0.4) is 0 Å². The van der Waals surface area contributed by atoms with Gasteiger partial charge in [-0.1, -0.05) is 45.0 Å². The molecule has 2 heterocycles. The molecule has 3 aromatic rings. The fourth-order valence-corrected chi connectivity index (χ4v) is 5.13. The number of hydrazine groups is 1. The maximum atomic E-state index is 13.5. The number of nitrogens with one attached hydrogen (secondary N) is 1. The molecule has 206 valence electrons. The largest absolute Gasteiger partial charge is 0.493 e. The summed E-state index contributed by atoms with van der Waals surface area (Å²) in [6.45, 7) is 6.93. The van der Waals surface area contributed by atoms with Crippen LogP contribution >= 0.6 is 0 Å². The Bertz CT molecular complexity index is 1370. The van der Waals surface area contributed by atoms with Gasteiger partial charge < -0.3 is 20.9 Å². The predicted octanol–water partition coefficient (Wildman–Crippen LogP) is 4.46. The summed E-state index contributed by atoms with van der Waals surface area (Å²) in [5, 5.41) is 1.74. The standard InChI is InChI=1S/C30H38N6O3/c1-6-24-23(29(31)35-30(32)34-24)15-19-14-20(28(39-5)26(16-19)38-4)11-12-27(37)36-25(13-18(2)3)22-10-8-7-9-21(22)17-33-36/h7-12,14,16,18,25,33H,6,13,15,17H2,1-5H3,(H4,31,32,34,35)/b12-11+/t25-/m0/s1. The average Bonchev–Trinajstić information content (AvgIpc) is 2.92. The number of nitrogens with zero attached hydrogens (tertiary/aromatic N) is 3. The fraction of sp³-hybridized carbons (Fsp3) is 0.367.